The van der Waals surface area contributed by atoms with Crippen molar-refractivity contribution >= 4 is 34.8 Å². The van der Waals surface area contributed by atoms with Gasteiger partial charge < -0.3 is 15.3 Å². The van der Waals surface area contributed by atoms with E-state index in [-0.39, 0.29) is 0 Å². The number of aliphatic hydroxyl groups is 3. The van der Waals surface area contributed by atoms with Crippen molar-refractivity contribution in [1.29, 1.82) is 0 Å². The summed E-state index contributed by atoms with van der Waals surface area (Å²) in [6.07, 6.45) is 3.27. The summed E-state index contributed by atoms with van der Waals surface area (Å²) < 4.78 is 0. The lowest BCUT2D eigenvalue weighted by molar-refractivity contribution is 0.154. The topological polar surface area (TPSA) is 60.7 Å². The van der Waals surface area contributed by atoms with Crippen LogP contribution in [0.15, 0.2) is 11.7 Å². The Balaban J connectivity index is 3.89. The molecule has 0 aromatic carbocycles. The van der Waals surface area contributed by atoms with Crippen LogP contribution in [-0.2, 0) is 0 Å². The van der Waals surface area contributed by atoms with E-state index in [1.807, 2.05) is 0 Å². The highest BCUT2D eigenvalue weighted by Crippen LogP contribution is 2.23. The van der Waals surface area contributed by atoms with Gasteiger partial charge in [0.05, 0.1) is 5.38 Å². The molecular weight excluding hydrogens is 262 g/mol. The third-order valence-corrected chi connectivity index (χ3v) is 3.30. The van der Waals surface area contributed by atoms with E-state index in [1.54, 1.807) is 0 Å². The maximum Gasteiger partial charge on any atom is 0.315 e. The van der Waals surface area contributed by atoms with Gasteiger partial charge in [-0.15, -0.1) is 34.8 Å². The third-order valence-electron chi connectivity index (χ3n) is 1.92. The molecule has 0 aromatic rings. The zero-order valence-corrected chi connectivity index (χ0v) is 10.4. The Hall–Kier alpha value is 0.01000. The van der Waals surface area contributed by atoms with E-state index in [4.69, 9.17) is 50.1 Å². The second-order valence-electron chi connectivity index (χ2n) is 3.16. The molecule has 15 heavy (non-hydrogen) atoms. The number of unbranched alkanes of at least 4 members (excludes halogenated alkanes) is 2. The van der Waals surface area contributed by atoms with Crippen LogP contribution in [0.25, 0.3) is 0 Å². The predicted octanol–water partition coefficient (Wildman–Crippen LogP) is 3.84. The average molecular weight is 278 g/mol. The number of aliphatic hydroxyl groups excluding tert-OH is 2. The lowest BCUT2D eigenvalue weighted by Gasteiger charge is -2.14. The van der Waals surface area contributed by atoms with Crippen molar-refractivity contribution in [2.45, 2.75) is 36.4 Å². The van der Waals surface area contributed by atoms with E-state index in [0.29, 0.717) is 12.3 Å². The molecule has 0 fully saturated rings. The van der Waals surface area contributed by atoms with Crippen LogP contribution in [0.2, 0.25) is 0 Å². The molecule has 3 N–H and O–H groups in total. The van der Waals surface area contributed by atoms with Crippen LogP contribution in [-0.4, -0.2) is 32.0 Å². The minimum atomic E-state index is -1.18. The van der Waals surface area contributed by atoms with Gasteiger partial charge in [-0.1, -0.05) is 12.8 Å². The van der Waals surface area contributed by atoms with Crippen LogP contribution in [0.1, 0.15) is 25.7 Å². The summed E-state index contributed by atoms with van der Waals surface area (Å²) in [6.45, 7) is 0. The van der Waals surface area contributed by atoms with Crippen LogP contribution in [0.5, 0.6) is 0 Å². The fraction of sp³-hybridized carbons (Fsp3) is 0.778. The molecule has 0 amide bonds. The number of hydrogen-bond donors (Lipinski definition) is 3. The summed E-state index contributed by atoms with van der Waals surface area (Å²) in [5, 5.41) is 24.7. The summed E-state index contributed by atoms with van der Waals surface area (Å²) >= 11 is 17.1. The fourth-order valence-electron chi connectivity index (χ4n) is 1.05. The van der Waals surface area contributed by atoms with Gasteiger partial charge >= 0.3 is 5.95 Å². The molecule has 6 heteroatoms. The maximum absolute atomic E-state index is 9.11. The van der Waals surface area contributed by atoms with Gasteiger partial charge in [-0.2, -0.15) is 0 Å². The fourth-order valence-corrected chi connectivity index (χ4v) is 1.74. The zero-order valence-electron chi connectivity index (χ0n) is 8.17. The maximum atomic E-state index is 9.11. The molecule has 0 radical (unpaired) electrons. The number of halogens is 3. The predicted molar refractivity (Wildman–Crippen MR) is 63.4 cm³/mol. The van der Waals surface area contributed by atoms with Crippen molar-refractivity contribution < 1.29 is 15.3 Å². The Labute approximate surface area is 104 Å². The van der Waals surface area contributed by atoms with E-state index in [2.05, 4.69) is 0 Å². The molecule has 0 spiro atoms. The van der Waals surface area contributed by atoms with Gasteiger partial charge in [0.25, 0.3) is 0 Å². The second kappa shape index (κ2) is 8.20. The largest absolute Gasteiger partial charge is 0.505 e. The van der Waals surface area contributed by atoms with Gasteiger partial charge in [0.2, 0.25) is 0 Å². The highest BCUT2D eigenvalue weighted by molar-refractivity contribution is 6.31. The van der Waals surface area contributed by atoms with Crippen molar-refractivity contribution in [1.82, 2.24) is 0 Å². The summed E-state index contributed by atoms with van der Waals surface area (Å²) in [6, 6.07) is 0. The first kappa shape index (κ1) is 15.0. The summed E-state index contributed by atoms with van der Waals surface area (Å²) in [5.74, 6) is -1.25. The number of rotatable bonds is 7. The highest BCUT2D eigenvalue weighted by atomic mass is 35.5. The molecule has 90 valence electrons. The van der Waals surface area contributed by atoms with Gasteiger partial charge in [-0.05, 0) is 12.8 Å². The van der Waals surface area contributed by atoms with Gasteiger partial charge in [-0.3, -0.25) is 0 Å². The molecule has 2 atom stereocenters. The van der Waals surface area contributed by atoms with E-state index < -0.39 is 22.5 Å². The highest BCUT2D eigenvalue weighted by Gasteiger charge is 2.23. The zero-order chi connectivity index (χ0) is 11.8. The van der Waals surface area contributed by atoms with Crippen molar-refractivity contribution in [2.75, 3.05) is 5.88 Å². The molecule has 0 saturated heterocycles. The Morgan fingerprint density at radius 1 is 1.00 bits per heavy atom. The summed E-state index contributed by atoms with van der Waals surface area (Å²) in [4.78, 5) is 0. The molecule has 0 heterocycles. The number of alkyl halides is 3. The smallest absolute Gasteiger partial charge is 0.315 e. The molecule has 0 aliphatic heterocycles. The van der Waals surface area contributed by atoms with E-state index >= 15 is 0 Å². The van der Waals surface area contributed by atoms with Crippen LogP contribution in [0.3, 0.4) is 0 Å². The standard InChI is InChI=1S/C9H15Cl3O3/c10-5-3-1-2-4-6(11)7(12)8(13)9(14)15/h6-7,13-15H,1-5H2. The molecule has 2 unspecified atom stereocenters. The number of allylic oxidation sites excluding steroid dienone is 1. The molecule has 0 bridgehead atoms. The third kappa shape index (κ3) is 6.23. The minimum Gasteiger partial charge on any atom is -0.505 e. The van der Waals surface area contributed by atoms with Crippen LogP contribution in [0.4, 0.5) is 0 Å². The molecule has 3 nitrogen and oxygen atoms in total. The number of hydrogen-bond acceptors (Lipinski definition) is 3. The van der Waals surface area contributed by atoms with E-state index in [1.165, 1.54) is 0 Å². The van der Waals surface area contributed by atoms with E-state index in [9.17, 15) is 0 Å². The molecule has 0 aromatic heterocycles. The molecule has 0 aliphatic rings. The van der Waals surface area contributed by atoms with E-state index in [0.717, 1.165) is 19.3 Å². The van der Waals surface area contributed by atoms with Crippen molar-refractivity contribution in [3.05, 3.63) is 11.7 Å². The van der Waals surface area contributed by atoms with Gasteiger partial charge in [0, 0.05) is 5.88 Å². The molecule has 0 saturated carbocycles. The monoisotopic (exact) mass is 276 g/mol. The van der Waals surface area contributed by atoms with Crippen molar-refractivity contribution in [3.8, 4) is 0 Å². The van der Waals surface area contributed by atoms with Crippen molar-refractivity contribution in [3.63, 3.8) is 0 Å². The first-order valence-corrected chi connectivity index (χ1v) is 6.06. The average Bonchev–Trinajstić information content (AvgIpc) is 2.21. The summed E-state index contributed by atoms with van der Waals surface area (Å²) in [5.41, 5.74) is 0. The second-order valence-corrected chi connectivity index (χ2v) is 4.57. The van der Waals surface area contributed by atoms with Crippen LogP contribution >= 0.6 is 34.8 Å². The summed E-state index contributed by atoms with van der Waals surface area (Å²) in [7, 11) is 0. The quantitative estimate of drug-likeness (QED) is 0.376. The lowest BCUT2D eigenvalue weighted by atomic mass is 10.1. The van der Waals surface area contributed by atoms with Gasteiger partial charge in [0.15, 0.2) is 5.76 Å². The Morgan fingerprint density at radius 3 is 2.07 bits per heavy atom. The van der Waals surface area contributed by atoms with Crippen LogP contribution in [0, 0.1) is 0 Å². The minimum absolute atomic E-state index is 0.531. The lowest BCUT2D eigenvalue weighted by Crippen LogP contribution is -2.19. The Morgan fingerprint density at radius 2 is 1.60 bits per heavy atom. The Kier molecular flexibility index (Phi) is 8.20. The first-order valence-electron chi connectivity index (χ1n) is 4.65. The van der Waals surface area contributed by atoms with Gasteiger partial charge in [0.1, 0.15) is 5.38 Å². The first-order chi connectivity index (χ1) is 7.00. The molecule has 0 aliphatic carbocycles. The molecule has 0 rings (SSSR count). The van der Waals surface area contributed by atoms with Crippen molar-refractivity contribution in [2.24, 2.45) is 0 Å². The molecular formula is C9H15Cl3O3. The normalized spacial score (nSPS) is 14.6. The van der Waals surface area contributed by atoms with Crippen LogP contribution < -0.4 is 0 Å². The van der Waals surface area contributed by atoms with Gasteiger partial charge in [-0.25, -0.2) is 0 Å². The SMILES string of the molecule is OC(O)=C(O)C(Cl)C(Cl)CCCCCCl. The Bertz CT molecular complexity index is 205.